The zero-order valence-corrected chi connectivity index (χ0v) is 18.1. The highest BCUT2D eigenvalue weighted by Gasteiger charge is 2.36. The third-order valence-corrected chi connectivity index (χ3v) is 5.41. The molecule has 0 saturated carbocycles. The molecule has 0 aromatic carbocycles. The van der Waals surface area contributed by atoms with E-state index in [0.29, 0.717) is 26.0 Å². The number of rotatable bonds is 11. The zero-order valence-electron chi connectivity index (χ0n) is 18.1. The van der Waals surface area contributed by atoms with E-state index < -0.39 is 48.6 Å². The summed E-state index contributed by atoms with van der Waals surface area (Å²) in [5, 5.41) is 7.69. The minimum Gasteiger partial charge on any atom is -0.381 e. The predicted molar refractivity (Wildman–Crippen MR) is 105 cm³/mol. The molecule has 182 valence electrons. The Kier molecular flexibility index (Phi) is 9.44. The molecule has 2 aliphatic rings. The van der Waals surface area contributed by atoms with Gasteiger partial charge in [-0.3, -0.25) is 23.9 Å². The van der Waals surface area contributed by atoms with Crippen LogP contribution >= 0.6 is 0 Å². The van der Waals surface area contributed by atoms with Crippen molar-refractivity contribution in [3.05, 3.63) is 0 Å². The maximum atomic E-state index is 12.9. The highest BCUT2D eigenvalue weighted by atomic mass is 19.4. The average molecular weight is 465 g/mol. The van der Waals surface area contributed by atoms with Crippen LogP contribution in [0.1, 0.15) is 39.5 Å². The van der Waals surface area contributed by atoms with Gasteiger partial charge in [-0.1, -0.05) is 13.8 Å². The third-order valence-electron chi connectivity index (χ3n) is 5.41. The van der Waals surface area contributed by atoms with E-state index in [1.165, 1.54) is 0 Å². The van der Waals surface area contributed by atoms with E-state index in [-0.39, 0.29) is 37.2 Å². The third kappa shape index (κ3) is 8.38. The molecule has 9 nitrogen and oxygen atoms in total. The van der Waals surface area contributed by atoms with Gasteiger partial charge in [0.05, 0.1) is 18.6 Å². The molecule has 2 aliphatic heterocycles. The normalized spacial score (nSPS) is 23.0. The number of carbonyl (C=O) groups is 4. The fraction of sp³-hybridized carbons (Fsp3) is 0.800. The summed E-state index contributed by atoms with van der Waals surface area (Å²) in [5.74, 6) is -3.40. The lowest BCUT2D eigenvalue weighted by Gasteiger charge is -2.25. The molecule has 2 rings (SSSR count). The molecule has 0 spiro atoms. The number of hydrogen-bond donors (Lipinski definition) is 3. The standard InChI is InChI=1S/C20H30F3N3O6/c1-11(2)7-15(26-18(29)13-4-6-31-9-13)19(30)25-14(8-12-3-5-24-17(12)28)16(27)10-32-20(21,22)23/h11-15H,3-10H2,1-2H3,(H,24,28)(H,25,30)(H,26,29). The molecule has 12 heteroatoms. The summed E-state index contributed by atoms with van der Waals surface area (Å²) in [6, 6.07) is -2.35. The van der Waals surface area contributed by atoms with Crippen molar-refractivity contribution in [1.29, 1.82) is 0 Å². The van der Waals surface area contributed by atoms with Crippen LogP contribution in [-0.2, 0) is 28.7 Å². The fourth-order valence-corrected chi connectivity index (χ4v) is 3.68. The summed E-state index contributed by atoms with van der Waals surface area (Å²) in [7, 11) is 0. The van der Waals surface area contributed by atoms with Gasteiger partial charge in [-0.25, -0.2) is 0 Å². The molecule has 3 N–H and O–H groups in total. The number of hydrogen-bond acceptors (Lipinski definition) is 6. The largest absolute Gasteiger partial charge is 0.522 e. The van der Waals surface area contributed by atoms with Gasteiger partial charge < -0.3 is 20.7 Å². The second-order valence-electron chi connectivity index (χ2n) is 8.53. The van der Waals surface area contributed by atoms with Crippen LogP contribution in [-0.4, -0.2) is 68.3 Å². The highest BCUT2D eigenvalue weighted by Crippen LogP contribution is 2.20. The lowest BCUT2D eigenvalue weighted by atomic mass is 9.95. The highest BCUT2D eigenvalue weighted by molar-refractivity contribution is 5.94. The van der Waals surface area contributed by atoms with Gasteiger partial charge >= 0.3 is 6.36 Å². The first-order valence-corrected chi connectivity index (χ1v) is 10.7. The van der Waals surface area contributed by atoms with Crippen molar-refractivity contribution >= 4 is 23.5 Å². The molecule has 3 amide bonds. The Morgan fingerprint density at radius 3 is 2.44 bits per heavy atom. The minimum absolute atomic E-state index is 0.00852. The van der Waals surface area contributed by atoms with Gasteiger partial charge in [-0.15, -0.1) is 13.2 Å². The van der Waals surface area contributed by atoms with Gasteiger partial charge in [0.1, 0.15) is 12.6 Å². The van der Waals surface area contributed by atoms with E-state index in [2.05, 4.69) is 20.7 Å². The van der Waals surface area contributed by atoms with Crippen LogP contribution in [0.4, 0.5) is 13.2 Å². The van der Waals surface area contributed by atoms with Crippen molar-refractivity contribution in [2.24, 2.45) is 17.8 Å². The van der Waals surface area contributed by atoms with E-state index in [1.807, 2.05) is 13.8 Å². The molecule has 32 heavy (non-hydrogen) atoms. The molecule has 0 bridgehead atoms. The predicted octanol–water partition coefficient (Wildman–Crippen LogP) is 0.670. The second-order valence-corrected chi connectivity index (χ2v) is 8.53. The molecule has 2 saturated heterocycles. The Bertz CT molecular complexity index is 695. The number of alkyl halides is 3. The number of carbonyl (C=O) groups excluding carboxylic acids is 4. The summed E-state index contributed by atoms with van der Waals surface area (Å²) >= 11 is 0. The van der Waals surface area contributed by atoms with Crippen molar-refractivity contribution in [2.45, 2.75) is 58.0 Å². The molecule has 2 heterocycles. The van der Waals surface area contributed by atoms with E-state index >= 15 is 0 Å². The van der Waals surface area contributed by atoms with Gasteiger partial charge in [-0.05, 0) is 31.6 Å². The maximum Gasteiger partial charge on any atom is 0.522 e. The van der Waals surface area contributed by atoms with Crippen molar-refractivity contribution in [2.75, 3.05) is 26.4 Å². The first kappa shape index (κ1) is 26.0. The molecule has 2 fully saturated rings. The van der Waals surface area contributed by atoms with E-state index in [4.69, 9.17) is 4.74 Å². The van der Waals surface area contributed by atoms with Gasteiger partial charge in [0.15, 0.2) is 5.78 Å². The number of nitrogens with one attached hydrogen (secondary N) is 3. The minimum atomic E-state index is -5.01. The Morgan fingerprint density at radius 1 is 1.19 bits per heavy atom. The Morgan fingerprint density at radius 2 is 1.91 bits per heavy atom. The molecule has 4 unspecified atom stereocenters. The zero-order chi connectivity index (χ0) is 23.9. The number of amides is 3. The van der Waals surface area contributed by atoms with Crippen LogP contribution in [0, 0.1) is 17.8 Å². The van der Waals surface area contributed by atoms with Gasteiger partial charge in [0.25, 0.3) is 0 Å². The molecular weight excluding hydrogens is 435 g/mol. The molecule has 0 radical (unpaired) electrons. The first-order valence-electron chi connectivity index (χ1n) is 10.7. The molecule has 0 aliphatic carbocycles. The quantitative estimate of drug-likeness (QED) is 0.412. The maximum absolute atomic E-state index is 12.9. The monoisotopic (exact) mass is 465 g/mol. The molecule has 0 aromatic rings. The molecule has 4 atom stereocenters. The van der Waals surface area contributed by atoms with Crippen molar-refractivity contribution in [3.8, 4) is 0 Å². The van der Waals surface area contributed by atoms with Crippen molar-refractivity contribution in [1.82, 2.24) is 16.0 Å². The molecule has 0 aromatic heterocycles. The van der Waals surface area contributed by atoms with Crippen LogP contribution in [0.3, 0.4) is 0 Å². The van der Waals surface area contributed by atoms with E-state index in [9.17, 15) is 32.3 Å². The smallest absolute Gasteiger partial charge is 0.381 e. The Hall–Kier alpha value is -2.21. The van der Waals surface area contributed by atoms with Crippen LogP contribution in [0.15, 0.2) is 0 Å². The van der Waals surface area contributed by atoms with Gasteiger partial charge in [0, 0.05) is 19.1 Å². The Balaban J connectivity index is 2.09. The average Bonchev–Trinajstić information content (AvgIpc) is 3.36. The topological polar surface area (TPSA) is 123 Å². The van der Waals surface area contributed by atoms with E-state index in [0.717, 1.165) is 0 Å². The number of ether oxygens (including phenoxy) is 2. The van der Waals surface area contributed by atoms with Gasteiger partial charge in [0.2, 0.25) is 17.7 Å². The van der Waals surface area contributed by atoms with Crippen LogP contribution < -0.4 is 16.0 Å². The number of Topliss-reactive ketones (excluding diaryl/α,β-unsaturated/α-hetero) is 1. The molecular formula is C20H30F3N3O6. The SMILES string of the molecule is CC(C)CC(NC(=O)C1CCOC1)C(=O)NC(CC1CCNC1=O)C(=O)COC(F)(F)F. The van der Waals surface area contributed by atoms with Crippen molar-refractivity contribution in [3.63, 3.8) is 0 Å². The van der Waals surface area contributed by atoms with Gasteiger partial charge in [-0.2, -0.15) is 0 Å². The summed E-state index contributed by atoms with van der Waals surface area (Å²) in [6.45, 7) is 3.46. The van der Waals surface area contributed by atoms with Crippen LogP contribution in [0.5, 0.6) is 0 Å². The summed E-state index contributed by atoms with van der Waals surface area (Å²) in [4.78, 5) is 49.7. The van der Waals surface area contributed by atoms with Crippen molar-refractivity contribution < 1.29 is 41.8 Å². The summed E-state index contributed by atoms with van der Waals surface area (Å²) in [5.41, 5.74) is 0. The lowest BCUT2D eigenvalue weighted by Crippen LogP contribution is -2.54. The van der Waals surface area contributed by atoms with Crippen LogP contribution in [0.25, 0.3) is 0 Å². The Labute approximate surface area is 184 Å². The van der Waals surface area contributed by atoms with E-state index in [1.54, 1.807) is 0 Å². The number of ketones is 1. The number of halogens is 3. The second kappa shape index (κ2) is 11.6. The first-order chi connectivity index (χ1) is 15.0. The van der Waals surface area contributed by atoms with Crippen LogP contribution in [0.2, 0.25) is 0 Å². The summed E-state index contributed by atoms with van der Waals surface area (Å²) < 4.78 is 46.0. The summed E-state index contributed by atoms with van der Waals surface area (Å²) in [6.07, 6.45) is -3.99. The lowest BCUT2D eigenvalue weighted by molar-refractivity contribution is -0.321. The fourth-order valence-electron chi connectivity index (χ4n) is 3.68.